The molecule has 1 amide bonds. The van der Waals surface area contributed by atoms with E-state index in [1.54, 1.807) is 14.2 Å². The molecule has 0 radical (unpaired) electrons. The Bertz CT molecular complexity index is 668. The molecule has 188 valence electrons. The second kappa shape index (κ2) is 15.4. The van der Waals surface area contributed by atoms with Crippen molar-refractivity contribution in [3.63, 3.8) is 0 Å². The van der Waals surface area contributed by atoms with Crippen LogP contribution in [-0.4, -0.2) is 75.1 Å². The number of ether oxygens (including phenoxy) is 3. The molecule has 1 aliphatic rings. The smallest absolute Gasteiger partial charge is 0.225 e. The summed E-state index contributed by atoms with van der Waals surface area (Å²) in [6.07, 6.45) is 5.27. The fourth-order valence-electron chi connectivity index (χ4n) is 4.55. The van der Waals surface area contributed by atoms with Gasteiger partial charge in [-0.15, -0.1) is 0 Å². The molecule has 1 fully saturated rings. The molecule has 0 aromatic heterocycles. The van der Waals surface area contributed by atoms with Gasteiger partial charge in [-0.05, 0) is 62.2 Å². The number of nitrogens with zero attached hydrogens (tertiary/aromatic N) is 2. The summed E-state index contributed by atoms with van der Waals surface area (Å²) in [7, 11) is 3.21. The summed E-state index contributed by atoms with van der Waals surface area (Å²) >= 11 is 0. The number of rotatable bonds is 15. The van der Waals surface area contributed by atoms with Gasteiger partial charge in [-0.2, -0.15) is 0 Å². The molecule has 33 heavy (non-hydrogen) atoms. The van der Waals surface area contributed by atoms with E-state index in [1.807, 2.05) is 4.90 Å². The van der Waals surface area contributed by atoms with Gasteiger partial charge in [-0.3, -0.25) is 9.69 Å². The normalized spacial score (nSPS) is 15.5. The number of carbonyl (C=O) groups excluding carboxylic acids is 1. The fourth-order valence-corrected chi connectivity index (χ4v) is 4.55. The maximum absolute atomic E-state index is 12.9. The highest BCUT2D eigenvalue weighted by Crippen LogP contribution is 2.19. The lowest BCUT2D eigenvalue weighted by Gasteiger charge is -2.33. The first kappa shape index (κ1) is 27.8. The third-order valence-corrected chi connectivity index (χ3v) is 6.84. The summed E-state index contributed by atoms with van der Waals surface area (Å²) in [5.41, 5.74) is 2.68. The van der Waals surface area contributed by atoms with Crippen molar-refractivity contribution < 1.29 is 19.0 Å². The zero-order valence-electron chi connectivity index (χ0n) is 21.6. The highest BCUT2D eigenvalue weighted by atomic mass is 16.7. The molecule has 0 bridgehead atoms. The van der Waals surface area contributed by atoms with Crippen LogP contribution in [-0.2, 0) is 32.0 Å². The number of piperidine rings is 1. The molecule has 1 heterocycles. The Morgan fingerprint density at radius 2 is 1.76 bits per heavy atom. The van der Waals surface area contributed by atoms with E-state index in [0.29, 0.717) is 26.2 Å². The molecular weight excluding hydrogens is 416 g/mol. The highest BCUT2D eigenvalue weighted by molar-refractivity contribution is 5.76. The maximum atomic E-state index is 12.9. The zero-order chi connectivity index (χ0) is 24.1. The van der Waals surface area contributed by atoms with Crippen LogP contribution < -0.4 is 0 Å². The standard InChI is InChI=1S/C27H46N2O4/c1-6-25(7-2)29(21-27(31-4)32-5)26(30)14-18-33-17-13-23-9-8-10-24(19-23)20-28-15-11-22(3)12-16-28/h8-10,19,22,25,27H,6-7,11-18,20-21H2,1-5H3. The molecule has 0 aliphatic carbocycles. The van der Waals surface area contributed by atoms with Gasteiger partial charge in [0.05, 0.1) is 26.2 Å². The molecule has 0 N–H and O–H groups in total. The largest absolute Gasteiger partial charge is 0.381 e. The average molecular weight is 463 g/mol. The highest BCUT2D eigenvalue weighted by Gasteiger charge is 2.24. The Balaban J connectivity index is 1.75. The lowest BCUT2D eigenvalue weighted by atomic mass is 9.98. The monoisotopic (exact) mass is 462 g/mol. The molecule has 0 saturated carbocycles. The van der Waals surface area contributed by atoms with Crippen molar-refractivity contribution in [3.05, 3.63) is 35.4 Å². The molecule has 1 aromatic rings. The Morgan fingerprint density at radius 3 is 2.39 bits per heavy atom. The third-order valence-electron chi connectivity index (χ3n) is 6.84. The number of likely N-dealkylation sites (tertiary alicyclic amines) is 1. The summed E-state index contributed by atoms with van der Waals surface area (Å²) in [6.45, 7) is 11.5. The van der Waals surface area contributed by atoms with E-state index in [1.165, 1.54) is 37.1 Å². The van der Waals surface area contributed by atoms with E-state index in [9.17, 15) is 4.79 Å². The van der Waals surface area contributed by atoms with Gasteiger partial charge in [0, 0.05) is 26.8 Å². The Labute approximate surface area is 201 Å². The van der Waals surface area contributed by atoms with Crippen molar-refractivity contribution in [1.29, 1.82) is 0 Å². The Hall–Kier alpha value is -1.47. The van der Waals surface area contributed by atoms with Crippen LogP contribution in [0.25, 0.3) is 0 Å². The summed E-state index contributed by atoms with van der Waals surface area (Å²) in [4.78, 5) is 17.3. The van der Waals surface area contributed by atoms with Gasteiger partial charge in [0.25, 0.3) is 0 Å². The molecule has 0 spiro atoms. The number of carbonyl (C=O) groups is 1. The first-order chi connectivity index (χ1) is 16.0. The zero-order valence-corrected chi connectivity index (χ0v) is 21.6. The molecule has 6 nitrogen and oxygen atoms in total. The van der Waals surface area contributed by atoms with Crippen LogP contribution in [0.1, 0.15) is 64.0 Å². The first-order valence-corrected chi connectivity index (χ1v) is 12.7. The van der Waals surface area contributed by atoms with Crippen LogP contribution in [0.3, 0.4) is 0 Å². The number of benzene rings is 1. The molecule has 1 aliphatic heterocycles. The molecule has 1 saturated heterocycles. The molecule has 6 heteroatoms. The number of amides is 1. The maximum Gasteiger partial charge on any atom is 0.225 e. The average Bonchev–Trinajstić information content (AvgIpc) is 2.83. The number of methoxy groups -OCH3 is 2. The van der Waals surface area contributed by atoms with Crippen molar-refractivity contribution in [2.75, 3.05) is 47.1 Å². The fraction of sp³-hybridized carbons (Fsp3) is 0.741. The summed E-state index contributed by atoms with van der Waals surface area (Å²) < 4.78 is 16.5. The second-order valence-corrected chi connectivity index (χ2v) is 9.31. The van der Waals surface area contributed by atoms with Crippen LogP contribution in [0.2, 0.25) is 0 Å². The Kier molecular flexibility index (Phi) is 13.0. The van der Waals surface area contributed by atoms with E-state index < -0.39 is 6.29 Å². The van der Waals surface area contributed by atoms with Crippen LogP contribution in [0.5, 0.6) is 0 Å². The molecular formula is C27H46N2O4. The predicted molar refractivity (Wildman–Crippen MR) is 133 cm³/mol. The van der Waals surface area contributed by atoms with E-state index in [4.69, 9.17) is 14.2 Å². The van der Waals surface area contributed by atoms with Gasteiger partial charge >= 0.3 is 0 Å². The van der Waals surface area contributed by atoms with Gasteiger partial charge in [-0.1, -0.05) is 45.0 Å². The number of hydrogen-bond donors (Lipinski definition) is 0. The van der Waals surface area contributed by atoms with Crippen molar-refractivity contribution in [3.8, 4) is 0 Å². The minimum Gasteiger partial charge on any atom is -0.381 e. The van der Waals surface area contributed by atoms with E-state index in [-0.39, 0.29) is 11.9 Å². The quantitative estimate of drug-likeness (QED) is 0.284. The number of hydrogen-bond acceptors (Lipinski definition) is 5. The van der Waals surface area contributed by atoms with Crippen LogP contribution >= 0.6 is 0 Å². The van der Waals surface area contributed by atoms with Crippen LogP contribution in [0.15, 0.2) is 24.3 Å². The topological polar surface area (TPSA) is 51.2 Å². The van der Waals surface area contributed by atoms with Gasteiger partial charge < -0.3 is 19.1 Å². The lowest BCUT2D eigenvalue weighted by molar-refractivity contribution is -0.150. The lowest BCUT2D eigenvalue weighted by Crippen LogP contribution is -2.45. The van der Waals surface area contributed by atoms with E-state index in [0.717, 1.165) is 31.7 Å². The minimum absolute atomic E-state index is 0.0978. The summed E-state index contributed by atoms with van der Waals surface area (Å²) in [6, 6.07) is 9.03. The van der Waals surface area contributed by atoms with Crippen molar-refractivity contribution >= 4 is 5.91 Å². The van der Waals surface area contributed by atoms with Gasteiger partial charge in [0.2, 0.25) is 5.91 Å². The molecule has 1 aromatic carbocycles. The van der Waals surface area contributed by atoms with Gasteiger partial charge in [0.15, 0.2) is 6.29 Å². The molecule has 0 atom stereocenters. The van der Waals surface area contributed by atoms with Crippen molar-refractivity contribution in [1.82, 2.24) is 9.80 Å². The van der Waals surface area contributed by atoms with Gasteiger partial charge in [-0.25, -0.2) is 0 Å². The van der Waals surface area contributed by atoms with Gasteiger partial charge in [0.1, 0.15) is 0 Å². The summed E-state index contributed by atoms with van der Waals surface area (Å²) in [5.74, 6) is 0.959. The third kappa shape index (κ3) is 9.73. The first-order valence-electron chi connectivity index (χ1n) is 12.7. The minimum atomic E-state index is -0.406. The van der Waals surface area contributed by atoms with Crippen LogP contribution in [0.4, 0.5) is 0 Å². The Morgan fingerprint density at radius 1 is 1.09 bits per heavy atom. The van der Waals surface area contributed by atoms with Crippen LogP contribution in [0, 0.1) is 5.92 Å². The molecule has 2 rings (SSSR count). The summed E-state index contributed by atoms with van der Waals surface area (Å²) in [5, 5.41) is 0. The van der Waals surface area contributed by atoms with E-state index in [2.05, 4.69) is 49.9 Å². The second-order valence-electron chi connectivity index (χ2n) is 9.31. The van der Waals surface area contributed by atoms with E-state index >= 15 is 0 Å². The molecule has 0 unspecified atom stereocenters. The predicted octanol–water partition coefficient (Wildman–Crippen LogP) is 4.50. The van der Waals surface area contributed by atoms with Crippen molar-refractivity contribution in [2.24, 2.45) is 5.92 Å². The SMILES string of the molecule is CCC(CC)N(CC(OC)OC)C(=O)CCOCCc1cccc(CN2CCC(C)CC2)c1. The van der Waals surface area contributed by atoms with Crippen molar-refractivity contribution in [2.45, 2.75) is 78.2 Å².